The van der Waals surface area contributed by atoms with Crippen molar-refractivity contribution >= 4 is 11.3 Å². The third-order valence-corrected chi connectivity index (χ3v) is 2.64. The van der Waals surface area contributed by atoms with Crippen molar-refractivity contribution in [2.75, 3.05) is 0 Å². The molecular weight excluding hydrogens is 208 g/mol. The lowest BCUT2D eigenvalue weighted by Gasteiger charge is -1.89. The molecule has 2 heterocycles. The van der Waals surface area contributed by atoms with Crippen molar-refractivity contribution in [2.24, 2.45) is 0 Å². The van der Waals surface area contributed by atoms with Crippen LogP contribution in [0.25, 0.3) is 10.7 Å². The Balaban J connectivity index is 0.000000531. The van der Waals surface area contributed by atoms with E-state index < -0.39 is 0 Å². The fourth-order valence-electron chi connectivity index (χ4n) is 0.910. The first kappa shape index (κ1) is 11.7. The van der Waals surface area contributed by atoms with E-state index in [1.165, 1.54) is 0 Å². The van der Waals surface area contributed by atoms with Crippen molar-refractivity contribution < 1.29 is 0 Å². The van der Waals surface area contributed by atoms with Crippen LogP contribution in [0.5, 0.6) is 0 Å². The zero-order chi connectivity index (χ0) is 11.1. The van der Waals surface area contributed by atoms with Gasteiger partial charge in [0.25, 0.3) is 0 Å². The van der Waals surface area contributed by atoms with Crippen LogP contribution in [0.15, 0.2) is 18.6 Å². The molecule has 0 amide bonds. The summed E-state index contributed by atoms with van der Waals surface area (Å²) in [5, 5.41) is 9.90. The lowest BCUT2D eigenvalue weighted by atomic mass is 10.5. The second-order valence-corrected chi connectivity index (χ2v) is 3.51. The van der Waals surface area contributed by atoms with Gasteiger partial charge in [-0.2, -0.15) is 0 Å². The van der Waals surface area contributed by atoms with E-state index in [9.17, 15) is 0 Å². The molecule has 0 aromatic carbocycles. The average molecular weight is 222 g/mol. The summed E-state index contributed by atoms with van der Waals surface area (Å²) in [6, 6.07) is 0. The van der Waals surface area contributed by atoms with E-state index in [4.69, 9.17) is 0 Å². The molecule has 0 fully saturated rings. The maximum absolute atomic E-state index is 4.14. The Kier molecular flexibility index (Phi) is 4.83. The van der Waals surface area contributed by atoms with Crippen molar-refractivity contribution in [1.29, 1.82) is 0 Å². The Morgan fingerprint density at radius 1 is 1.20 bits per heavy atom. The van der Waals surface area contributed by atoms with Crippen LogP contribution in [-0.4, -0.2) is 20.2 Å². The molecule has 0 atom stereocenters. The molecule has 80 valence electrons. The first-order valence-corrected chi connectivity index (χ1v) is 5.80. The lowest BCUT2D eigenvalue weighted by Crippen LogP contribution is -1.82. The molecule has 0 saturated heterocycles. The Morgan fingerprint density at radius 3 is 2.53 bits per heavy atom. The number of hydrogen-bond donors (Lipinski definition) is 0. The molecule has 0 aliphatic rings. The van der Waals surface area contributed by atoms with E-state index in [1.807, 2.05) is 13.8 Å². The van der Waals surface area contributed by atoms with E-state index in [2.05, 4.69) is 27.1 Å². The molecule has 2 aromatic heterocycles. The fraction of sp³-hybridized carbons (Fsp3) is 0.400. The quantitative estimate of drug-likeness (QED) is 0.783. The Morgan fingerprint density at radius 2 is 2.00 bits per heavy atom. The summed E-state index contributed by atoms with van der Waals surface area (Å²) in [5.74, 6) is 0. The summed E-state index contributed by atoms with van der Waals surface area (Å²) < 4.78 is 0. The van der Waals surface area contributed by atoms with Crippen molar-refractivity contribution in [3.8, 4) is 10.7 Å². The van der Waals surface area contributed by atoms with Gasteiger partial charge in [0.1, 0.15) is 10.7 Å². The van der Waals surface area contributed by atoms with Gasteiger partial charge >= 0.3 is 0 Å². The van der Waals surface area contributed by atoms with E-state index >= 15 is 0 Å². The maximum Gasteiger partial charge on any atom is 0.167 e. The molecule has 0 unspecified atom stereocenters. The molecule has 0 spiro atoms. The summed E-state index contributed by atoms with van der Waals surface area (Å²) >= 11 is 1.56. The van der Waals surface area contributed by atoms with Gasteiger partial charge in [0, 0.05) is 12.4 Å². The van der Waals surface area contributed by atoms with Gasteiger partial charge in [-0.25, -0.2) is 0 Å². The number of nitrogens with zero attached hydrogens (tertiary/aromatic N) is 4. The van der Waals surface area contributed by atoms with Crippen LogP contribution in [0.3, 0.4) is 0 Å². The number of rotatable bonds is 2. The van der Waals surface area contributed by atoms with Crippen molar-refractivity contribution in [3.05, 3.63) is 23.6 Å². The van der Waals surface area contributed by atoms with E-state index in [-0.39, 0.29) is 0 Å². The topological polar surface area (TPSA) is 51.6 Å². The van der Waals surface area contributed by atoms with Crippen LogP contribution in [-0.2, 0) is 6.42 Å². The van der Waals surface area contributed by atoms with Gasteiger partial charge in [-0.3, -0.25) is 9.97 Å². The van der Waals surface area contributed by atoms with Gasteiger partial charge < -0.3 is 0 Å². The fourth-order valence-corrected chi connectivity index (χ4v) is 1.65. The lowest BCUT2D eigenvalue weighted by molar-refractivity contribution is 0.982. The third kappa shape index (κ3) is 3.06. The standard InChI is InChI=1S/C8H8N4S.C2H6/c1-2-7-11-12-8(13-7)6-5-9-3-4-10-6;1-2/h3-5H,2H2,1H3;1-2H3. The second kappa shape index (κ2) is 6.19. The SMILES string of the molecule is CC.CCc1nnc(-c2cnccn2)s1. The molecule has 0 aliphatic heterocycles. The van der Waals surface area contributed by atoms with Crippen LogP contribution < -0.4 is 0 Å². The molecule has 5 heteroatoms. The van der Waals surface area contributed by atoms with Gasteiger partial charge in [-0.15, -0.1) is 10.2 Å². The van der Waals surface area contributed by atoms with Gasteiger partial charge in [-0.05, 0) is 6.42 Å². The third-order valence-electron chi connectivity index (χ3n) is 1.55. The van der Waals surface area contributed by atoms with Crippen LogP contribution in [0, 0.1) is 0 Å². The summed E-state index contributed by atoms with van der Waals surface area (Å²) in [7, 11) is 0. The molecule has 4 nitrogen and oxygen atoms in total. The van der Waals surface area contributed by atoms with Gasteiger partial charge in [-0.1, -0.05) is 32.1 Å². The summed E-state index contributed by atoms with van der Waals surface area (Å²) in [6.07, 6.45) is 5.91. The Hall–Kier alpha value is -1.36. The monoisotopic (exact) mass is 222 g/mol. The Labute approximate surface area is 93.4 Å². The van der Waals surface area contributed by atoms with Gasteiger partial charge in [0.05, 0.1) is 6.20 Å². The normalized spacial score (nSPS) is 9.27. The molecule has 0 N–H and O–H groups in total. The highest BCUT2D eigenvalue weighted by molar-refractivity contribution is 7.14. The van der Waals surface area contributed by atoms with Crippen LogP contribution in [0.1, 0.15) is 25.8 Å². The predicted molar refractivity (Wildman–Crippen MR) is 61.7 cm³/mol. The first-order chi connectivity index (χ1) is 7.40. The second-order valence-electron chi connectivity index (χ2n) is 2.45. The smallest absolute Gasteiger partial charge is 0.167 e. The Bertz CT molecular complexity index is 385. The number of hydrogen-bond acceptors (Lipinski definition) is 5. The average Bonchev–Trinajstić information content (AvgIpc) is 2.81. The molecule has 15 heavy (non-hydrogen) atoms. The predicted octanol–water partition coefficient (Wildman–Crippen LogP) is 2.58. The first-order valence-electron chi connectivity index (χ1n) is 4.99. The molecule has 0 bridgehead atoms. The van der Waals surface area contributed by atoms with E-state index in [0.717, 1.165) is 22.1 Å². The van der Waals surface area contributed by atoms with E-state index in [1.54, 1.807) is 29.9 Å². The highest BCUT2D eigenvalue weighted by Gasteiger charge is 2.05. The zero-order valence-corrected chi connectivity index (χ0v) is 9.95. The van der Waals surface area contributed by atoms with Gasteiger partial charge in [0.15, 0.2) is 5.01 Å². The minimum atomic E-state index is 0.791. The van der Waals surface area contributed by atoms with Crippen molar-refractivity contribution in [2.45, 2.75) is 27.2 Å². The largest absolute Gasteiger partial charge is 0.261 e. The minimum absolute atomic E-state index is 0.791. The zero-order valence-electron chi connectivity index (χ0n) is 9.14. The maximum atomic E-state index is 4.14. The molecule has 0 saturated carbocycles. The summed E-state index contributed by atoms with van der Waals surface area (Å²) in [4.78, 5) is 8.11. The van der Waals surface area contributed by atoms with Crippen LogP contribution in [0.4, 0.5) is 0 Å². The minimum Gasteiger partial charge on any atom is -0.261 e. The van der Waals surface area contributed by atoms with Crippen LogP contribution >= 0.6 is 11.3 Å². The van der Waals surface area contributed by atoms with Crippen molar-refractivity contribution in [3.63, 3.8) is 0 Å². The van der Waals surface area contributed by atoms with E-state index in [0.29, 0.717) is 0 Å². The molecule has 0 radical (unpaired) electrons. The number of aryl methyl sites for hydroxylation is 1. The summed E-state index contributed by atoms with van der Waals surface area (Å²) in [6.45, 7) is 6.06. The molecular formula is C10H14N4S. The molecule has 2 aromatic rings. The van der Waals surface area contributed by atoms with Crippen molar-refractivity contribution in [1.82, 2.24) is 20.2 Å². The van der Waals surface area contributed by atoms with Gasteiger partial charge in [0.2, 0.25) is 0 Å². The van der Waals surface area contributed by atoms with Crippen LogP contribution in [0.2, 0.25) is 0 Å². The highest BCUT2D eigenvalue weighted by Crippen LogP contribution is 2.20. The highest BCUT2D eigenvalue weighted by atomic mass is 32.1. The molecule has 2 rings (SSSR count). The molecule has 0 aliphatic carbocycles. The number of aromatic nitrogens is 4. The summed E-state index contributed by atoms with van der Waals surface area (Å²) in [5.41, 5.74) is 0.791.